The van der Waals surface area contributed by atoms with Crippen molar-refractivity contribution in [1.29, 1.82) is 0 Å². The molecular weight excluding hydrogens is 501 g/mol. The van der Waals surface area contributed by atoms with Crippen LogP contribution >= 0.6 is 11.6 Å². The van der Waals surface area contributed by atoms with Gasteiger partial charge in [-0.15, -0.1) is 0 Å². The zero-order valence-electron chi connectivity index (χ0n) is 21.2. The number of Topliss-reactive ketones (excluding diaryl/α,β-unsaturated/α-hetero) is 1. The summed E-state index contributed by atoms with van der Waals surface area (Å²) in [5.41, 5.74) is 2.57. The van der Waals surface area contributed by atoms with Crippen molar-refractivity contribution in [3.05, 3.63) is 80.9 Å². The Kier molecular flexibility index (Phi) is 8.19. The van der Waals surface area contributed by atoms with E-state index in [-0.39, 0.29) is 47.5 Å². The minimum atomic E-state index is -1.00. The van der Waals surface area contributed by atoms with E-state index in [4.69, 9.17) is 30.5 Å². The fraction of sp³-hybridized carbons (Fsp3) is 0.357. The zero-order valence-corrected chi connectivity index (χ0v) is 21.9. The molecule has 9 heteroatoms. The minimum absolute atomic E-state index is 0.0189. The van der Waals surface area contributed by atoms with E-state index in [0.717, 1.165) is 5.56 Å². The number of hydrogen-bond acceptors (Lipinski definition) is 7. The highest BCUT2D eigenvalue weighted by molar-refractivity contribution is 6.31. The third-order valence-electron chi connectivity index (χ3n) is 6.74. The smallest absolute Gasteiger partial charge is 0.336 e. The molecule has 0 saturated heterocycles. The highest BCUT2D eigenvalue weighted by Crippen LogP contribution is 2.48. The molecule has 1 aliphatic carbocycles. The molecule has 0 fully saturated rings. The number of esters is 1. The molecule has 0 spiro atoms. The third-order valence-corrected chi connectivity index (χ3v) is 7.07. The zero-order chi connectivity index (χ0) is 26.7. The van der Waals surface area contributed by atoms with E-state index in [2.05, 4.69) is 5.32 Å². The molecule has 2 aromatic rings. The monoisotopic (exact) mass is 529 g/mol. The maximum atomic E-state index is 15.2. The van der Waals surface area contributed by atoms with Gasteiger partial charge in [-0.2, -0.15) is 0 Å². The van der Waals surface area contributed by atoms with Gasteiger partial charge in [-0.05, 0) is 49.1 Å². The predicted octanol–water partition coefficient (Wildman–Crippen LogP) is 5.05. The number of ether oxygens (including phenoxy) is 4. The second kappa shape index (κ2) is 11.4. The normalized spacial score (nSPS) is 19.4. The first-order chi connectivity index (χ1) is 17.8. The molecule has 2 unspecified atom stereocenters. The lowest BCUT2D eigenvalue weighted by atomic mass is 9.71. The first-order valence-electron chi connectivity index (χ1n) is 11.9. The Labute approximate surface area is 220 Å². The van der Waals surface area contributed by atoms with Gasteiger partial charge >= 0.3 is 5.97 Å². The number of halogens is 2. The van der Waals surface area contributed by atoms with Gasteiger partial charge in [0.25, 0.3) is 0 Å². The summed E-state index contributed by atoms with van der Waals surface area (Å²) < 4.78 is 36.4. The fourth-order valence-electron chi connectivity index (χ4n) is 5.02. The second-order valence-electron chi connectivity index (χ2n) is 8.90. The van der Waals surface area contributed by atoms with Crippen molar-refractivity contribution >= 4 is 23.4 Å². The Morgan fingerprint density at radius 1 is 1.08 bits per heavy atom. The average Bonchev–Trinajstić information content (AvgIpc) is 2.87. The van der Waals surface area contributed by atoms with Crippen molar-refractivity contribution in [2.75, 3.05) is 34.5 Å². The van der Waals surface area contributed by atoms with Crippen molar-refractivity contribution in [3.63, 3.8) is 0 Å². The topological polar surface area (TPSA) is 83.1 Å². The third kappa shape index (κ3) is 5.22. The van der Waals surface area contributed by atoms with E-state index in [1.165, 1.54) is 19.2 Å². The fourth-order valence-corrected chi connectivity index (χ4v) is 5.29. The van der Waals surface area contributed by atoms with Gasteiger partial charge in [0.15, 0.2) is 17.3 Å². The largest absolute Gasteiger partial charge is 0.493 e. The van der Waals surface area contributed by atoms with Crippen LogP contribution in [0.25, 0.3) is 0 Å². The van der Waals surface area contributed by atoms with Crippen LogP contribution in [0.5, 0.6) is 11.5 Å². The SMILES string of the molecule is COCCOC(=O)C1=C(C)NC2=C(C(=O)CC(c3ccc(OC)c(OC)c3)C2)C1c1c(F)cccc1Cl. The molecule has 1 N–H and O–H groups in total. The van der Waals surface area contributed by atoms with Crippen molar-refractivity contribution in [1.82, 2.24) is 5.32 Å². The van der Waals surface area contributed by atoms with Gasteiger partial charge in [0.2, 0.25) is 0 Å². The number of dihydropyridines is 1. The van der Waals surface area contributed by atoms with E-state index in [1.54, 1.807) is 33.3 Å². The lowest BCUT2D eigenvalue weighted by Gasteiger charge is -2.37. The number of hydrogen-bond donors (Lipinski definition) is 1. The summed E-state index contributed by atoms with van der Waals surface area (Å²) in [5.74, 6) is -1.46. The molecule has 0 aromatic heterocycles. The Morgan fingerprint density at radius 2 is 1.84 bits per heavy atom. The number of nitrogens with one attached hydrogen (secondary N) is 1. The Balaban J connectivity index is 1.78. The van der Waals surface area contributed by atoms with Gasteiger partial charge in [0.05, 0.1) is 32.3 Å². The van der Waals surface area contributed by atoms with Gasteiger partial charge in [0.1, 0.15) is 12.4 Å². The molecule has 2 aliphatic rings. The van der Waals surface area contributed by atoms with Crippen LogP contribution in [-0.4, -0.2) is 46.3 Å². The Bertz CT molecular complexity index is 1270. The van der Waals surface area contributed by atoms with Crippen LogP contribution in [0.4, 0.5) is 4.39 Å². The van der Waals surface area contributed by atoms with Crippen LogP contribution in [0.2, 0.25) is 5.02 Å². The molecule has 0 radical (unpaired) electrons. The van der Waals surface area contributed by atoms with Crippen LogP contribution in [-0.2, 0) is 19.1 Å². The highest BCUT2D eigenvalue weighted by atomic mass is 35.5. The standard InChI is InChI=1S/C28H29ClFNO6/c1-15-24(28(33)37-11-10-34-2)27(25-18(29)6-5-7-19(25)30)26-20(31-15)12-17(13-21(26)32)16-8-9-22(35-3)23(14-16)36-4/h5-9,14,17,27,31H,10-13H2,1-4H3. The molecule has 0 saturated carbocycles. The number of allylic oxidation sites excluding steroid dienone is 3. The van der Waals surface area contributed by atoms with Crippen molar-refractivity contribution in [2.45, 2.75) is 31.6 Å². The summed E-state index contributed by atoms with van der Waals surface area (Å²) in [6.07, 6.45) is 0.645. The van der Waals surface area contributed by atoms with E-state index >= 15 is 4.39 Å². The number of rotatable bonds is 8. The molecule has 1 aliphatic heterocycles. The summed E-state index contributed by atoms with van der Waals surface area (Å²) >= 11 is 6.46. The molecule has 196 valence electrons. The van der Waals surface area contributed by atoms with Crippen molar-refractivity contribution in [2.24, 2.45) is 0 Å². The average molecular weight is 530 g/mol. The van der Waals surface area contributed by atoms with Crippen LogP contribution in [0.3, 0.4) is 0 Å². The Morgan fingerprint density at radius 3 is 2.51 bits per heavy atom. The molecule has 0 amide bonds. The van der Waals surface area contributed by atoms with Gasteiger partial charge in [-0.3, -0.25) is 4.79 Å². The van der Waals surface area contributed by atoms with Gasteiger partial charge < -0.3 is 24.3 Å². The quantitative estimate of drug-likeness (QED) is 0.378. The number of carbonyl (C=O) groups is 2. The molecule has 2 aromatic carbocycles. The molecule has 1 heterocycles. The van der Waals surface area contributed by atoms with E-state index in [9.17, 15) is 9.59 Å². The molecular formula is C28H29ClFNO6. The lowest BCUT2D eigenvalue weighted by Crippen LogP contribution is -2.36. The van der Waals surface area contributed by atoms with Gasteiger partial charge in [0, 0.05) is 41.1 Å². The molecule has 0 bridgehead atoms. The van der Waals surface area contributed by atoms with E-state index in [0.29, 0.717) is 34.9 Å². The highest BCUT2D eigenvalue weighted by Gasteiger charge is 2.43. The summed E-state index contributed by atoms with van der Waals surface area (Å²) in [6, 6.07) is 9.87. The molecule has 7 nitrogen and oxygen atoms in total. The molecule has 37 heavy (non-hydrogen) atoms. The van der Waals surface area contributed by atoms with Gasteiger partial charge in [-0.25, -0.2) is 9.18 Å². The van der Waals surface area contributed by atoms with Crippen molar-refractivity contribution in [3.8, 4) is 11.5 Å². The van der Waals surface area contributed by atoms with E-state index in [1.807, 2.05) is 12.1 Å². The van der Waals surface area contributed by atoms with Crippen molar-refractivity contribution < 1.29 is 32.9 Å². The van der Waals surface area contributed by atoms with Crippen LogP contribution in [0.15, 0.2) is 58.9 Å². The summed E-state index contributed by atoms with van der Waals surface area (Å²) in [7, 11) is 4.61. The van der Waals surface area contributed by atoms with Crippen LogP contribution in [0, 0.1) is 5.82 Å². The number of ketones is 1. The summed E-state index contributed by atoms with van der Waals surface area (Å²) in [5, 5.41) is 3.37. The molecule has 4 rings (SSSR count). The second-order valence-corrected chi connectivity index (χ2v) is 9.30. The number of carbonyl (C=O) groups excluding carboxylic acids is 2. The first kappa shape index (κ1) is 26.7. The van der Waals surface area contributed by atoms with E-state index < -0.39 is 17.7 Å². The molecule has 2 atom stereocenters. The maximum absolute atomic E-state index is 15.2. The number of benzene rings is 2. The maximum Gasteiger partial charge on any atom is 0.336 e. The Hall–Kier alpha value is -3.36. The van der Waals surface area contributed by atoms with Gasteiger partial charge in [-0.1, -0.05) is 23.7 Å². The summed E-state index contributed by atoms with van der Waals surface area (Å²) in [6.45, 7) is 1.94. The number of methoxy groups -OCH3 is 3. The summed E-state index contributed by atoms with van der Waals surface area (Å²) in [4.78, 5) is 26.9. The minimum Gasteiger partial charge on any atom is -0.493 e. The lowest BCUT2D eigenvalue weighted by molar-refractivity contribution is -0.140. The van der Waals surface area contributed by atoms with Crippen LogP contribution < -0.4 is 14.8 Å². The first-order valence-corrected chi connectivity index (χ1v) is 12.2. The van der Waals surface area contributed by atoms with Crippen LogP contribution in [0.1, 0.15) is 42.7 Å². The predicted molar refractivity (Wildman–Crippen MR) is 136 cm³/mol.